The fraction of sp³-hybridized carbons (Fsp3) is 1.00. The van der Waals surface area contributed by atoms with Crippen LogP contribution in [0.3, 0.4) is 0 Å². The number of nitrogens with one attached hydrogen (secondary N) is 1. The number of unbranched alkanes of at least 4 members (excludes halogenated alkanes) is 1. The second-order valence-electron chi connectivity index (χ2n) is 4.51. The summed E-state index contributed by atoms with van der Waals surface area (Å²) in [6.45, 7) is 4.90. The van der Waals surface area contributed by atoms with Gasteiger partial charge in [0.1, 0.15) is 0 Å². The van der Waals surface area contributed by atoms with Crippen molar-refractivity contribution in [3.05, 3.63) is 0 Å². The van der Waals surface area contributed by atoms with Crippen molar-refractivity contribution < 1.29 is 0 Å². The first-order chi connectivity index (χ1) is 5.35. The highest BCUT2D eigenvalue weighted by Crippen LogP contribution is 2.50. The van der Waals surface area contributed by atoms with Gasteiger partial charge in [-0.2, -0.15) is 0 Å². The summed E-state index contributed by atoms with van der Waals surface area (Å²) in [6.07, 6.45) is 7.34. The number of piperidine rings is 2. The third-order valence-electron chi connectivity index (χ3n) is 3.44. The Hall–Kier alpha value is -0.0400. The van der Waals surface area contributed by atoms with Crippen LogP contribution >= 0.6 is 0 Å². The summed E-state index contributed by atoms with van der Waals surface area (Å²) in [5.74, 6) is 1.04. The summed E-state index contributed by atoms with van der Waals surface area (Å²) in [6, 6.07) is 0. The van der Waals surface area contributed by atoms with Gasteiger partial charge in [0, 0.05) is 6.54 Å². The molecule has 3 aliphatic rings. The van der Waals surface area contributed by atoms with Crippen LogP contribution in [0.1, 0.15) is 39.0 Å². The summed E-state index contributed by atoms with van der Waals surface area (Å²) in [4.78, 5) is 0. The molecule has 3 fully saturated rings. The maximum atomic E-state index is 3.53. The minimum Gasteiger partial charge on any atom is -0.316 e. The molecule has 0 aromatic rings. The molecule has 2 heterocycles. The van der Waals surface area contributed by atoms with Crippen LogP contribution in [-0.4, -0.2) is 13.1 Å². The fourth-order valence-corrected chi connectivity index (χ4v) is 2.84. The number of hydrogen-bond acceptors (Lipinski definition) is 1. The molecule has 0 unspecified atom stereocenters. The quantitative estimate of drug-likeness (QED) is 0.655. The average molecular weight is 153 g/mol. The first kappa shape index (κ1) is 7.60. The summed E-state index contributed by atoms with van der Waals surface area (Å²) in [7, 11) is 0. The molecule has 0 aromatic heterocycles. The summed E-state index contributed by atoms with van der Waals surface area (Å²) in [5.41, 5.74) is 0.763. The van der Waals surface area contributed by atoms with Gasteiger partial charge in [-0.1, -0.05) is 19.8 Å². The third-order valence-corrected chi connectivity index (χ3v) is 3.44. The van der Waals surface area contributed by atoms with E-state index in [-0.39, 0.29) is 0 Å². The molecule has 2 aliphatic heterocycles. The summed E-state index contributed by atoms with van der Waals surface area (Å²) < 4.78 is 0. The number of fused-ring (bicyclic) bond motifs is 2. The molecular formula is C10H19N. The van der Waals surface area contributed by atoms with Crippen molar-refractivity contribution in [2.24, 2.45) is 11.3 Å². The Bertz CT molecular complexity index is 130. The molecular weight excluding hydrogens is 134 g/mol. The minimum absolute atomic E-state index is 0.763. The highest BCUT2D eigenvalue weighted by Gasteiger charge is 2.45. The molecule has 3 rings (SSSR count). The van der Waals surface area contributed by atoms with Gasteiger partial charge in [0.25, 0.3) is 0 Å². The van der Waals surface area contributed by atoms with E-state index < -0.39 is 0 Å². The van der Waals surface area contributed by atoms with E-state index in [4.69, 9.17) is 0 Å². The second kappa shape index (κ2) is 2.78. The molecule has 2 saturated heterocycles. The van der Waals surface area contributed by atoms with E-state index in [1.54, 1.807) is 0 Å². The van der Waals surface area contributed by atoms with E-state index in [0.717, 1.165) is 11.3 Å². The van der Waals surface area contributed by atoms with Crippen molar-refractivity contribution in [1.82, 2.24) is 5.32 Å². The SMILES string of the molecule is CCCCC12CNCC(C1)C2. The maximum absolute atomic E-state index is 3.53. The van der Waals surface area contributed by atoms with Gasteiger partial charge in [0.15, 0.2) is 0 Å². The Morgan fingerprint density at radius 1 is 1.45 bits per heavy atom. The molecule has 0 aromatic carbocycles. The zero-order valence-corrected chi connectivity index (χ0v) is 7.53. The monoisotopic (exact) mass is 153 g/mol. The van der Waals surface area contributed by atoms with E-state index in [1.165, 1.54) is 45.2 Å². The van der Waals surface area contributed by atoms with Gasteiger partial charge in [-0.05, 0) is 37.1 Å². The predicted octanol–water partition coefficient (Wildman–Crippen LogP) is 2.18. The van der Waals surface area contributed by atoms with E-state index in [1.807, 2.05) is 0 Å². The molecule has 1 saturated carbocycles. The molecule has 1 heteroatoms. The van der Waals surface area contributed by atoms with E-state index in [0.29, 0.717) is 0 Å². The van der Waals surface area contributed by atoms with Gasteiger partial charge in [-0.15, -0.1) is 0 Å². The normalized spacial score (nSPS) is 41.7. The number of rotatable bonds is 3. The van der Waals surface area contributed by atoms with Crippen molar-refractivity contribution in [3.8, 4) is 0 Å². The van der Waals surface area contributed by atoms with Crippen LogP contribution in [0, 0.1) is 11.3 Å². The van der Waals surface area contributed by atoms with Crippen molar-refractivity contribution in [1.29, 1.82) is 0 Å². The Morgan fingerprint density at radius 2 is 2.27 bits per heavy atom. The van der Waals surface area contributed by atoms with Crippen LogP contribution < -0.4 is 5.32 Å². The molecule has 64 valence electrons. The molecule has 1 nitrogen and oxygen atoms in total. The highest BCUT2D eigenvalue weighted by molar-refractivity contribution is 4.99. The van der Waals surface area contributed by atoms with Gasteiger partial charge in [0.05, 0.1) is 0 Å². The minimum atomic E-state index is 0.763. The summed E-state index contributed by atoms with van der Waals surface area (Å²) >= 11 is 0. The molecule has 0 spiro atoms. The Kier molecular flexibility index (Phi) is 1.92. The topological polar surface area (TPSA) is 12.0 Å². The molecule has 1 N–H and O–H groups in total. The van der Waals surface area contributed by atoms with E-state index >= 15 is 0 Å². The molecule has 0 amide bonds. The lowest BCUT2D eigenvalue weighted by Crippen LogP contribution is -2.54. The zero-order valence-electron chi connectivity index (χ0n) is 7.53. The molecule has 11 heavy (non-hydrogen) atoms. The highest BCUT2D eigenvalue weighted by atomic mass is 14.9. The second-order valence-corrected chi connectivity index (χ2v) is 4.51. The van der Waals surface area contributed by atoms with Gasteiger partial charge < -0.3 is 5.32 Å². The molecule has 0 radical (unpaired) electrons. The van der Waals surface area contributed by atoms with Crippen molar-refractivity contribution in [2.45, 2.75) is 39.0 Å². The average Bonchev–Trinajstić information content (AvgIpc) is 2.01. The smallest absolute Gasteiger partial charge is 0.000814 e. The maximum Gasteiger partial charge on any atom is 0.000814 e. The van der Waals surface area contributed by atoms with E-state index in [2.05, 4.69) is 12.2 Å². The molecule has 2 bridgehead atoms. The summed E-state index contributed by atoms with van der Waals surface area (Å²) in [5, 5.41) is 3.53. The lowest BCUT2D eigenvalue weighted by atomic mass is 9.57. The zero-order chi connectivity index (χ0) is 7.73. The molecule has 1 aliphatic carbocycles. The van der Waals surface area contributed by atoms with Gasteiger partial charge >= 0.3 is 0 Å². The fourth-order valence-electron chi connectivity index (χ4n) is 2.84. The van der Waals surface area contributed by atoms with Crippen LogP contribution in [0.5, 0.6) is 0 Å². The Labute approximate surface area is 69.6 Å². The van der Waals surface area contributed by atoms with Gasteiger partial charge in [0.2, 0.25) is 0 Å². The standard InChI is InChI=1S/C10H19N/c1-2-3-4-10-5-9(6-10)7-11-8-10/h9,11H,2-8H2,1H3. The third kappa shape index (κ3) is 1.31. The van der Waals surface area contributed by atoms with Gasteiger partial charge in [-0.3, -0.25) is 0 Å². The first-order valence-corrected chi connectivity index (χ1v) is 5.05. The predicted molar refractivity (Wildman–Crippen MR) is 47.6 cm³/mol. The number of hydrogen-bond donors (Lipinski definition) is 1. The van der Waals surface area contributed by atoms with Crippen LogP contribution in [-0.2, 0) is 0 Å². The van der Waals surface area contributed by atoms with Crippen molar-refractivity contribution in [3.63, 3.8) is 0 Å². The Morgan fingerprint density at radius 3 is 2.82 bits per heavy atom. The lowest BCUT2D eigenvalue weighted by molar-refractivity contribution is 0.00437. The van der Waals surface area contributed by atoms with Crippen LogP contribution in [0.15, 0.2) is 0 Å². The van der Waals surface area contributed by atoms with Gasteiger partial charge in [-0.25, -0.2) is 0 Å². The van der Waals surface area contributed by atoms with E-state index in [9.17, 15) is 0 Å². The molecule has 0 atom stereocenters. The Balaban J connectivity index is 1.82. The van der Waals surface area contributed by atoms with Crippen molar-refractivity contribution >= 4 is 0 Å². The van der Waals surface area contributed by atoms with Crippen molar-refractivity contribution in [2.75, 3.05) is 13.1 Å². The van der Waals surface area contributed by atoms with Crippen LogP contribution in [0.4, 0.5) is 0 Å². The first-order valence-electron chi connectivity index (χ1n) is 5.05. The van der Waals surface area contributed by atoms with Crippen LogP contribution in [0.2, 0.25) is 0 Å². The van der Waals surface area contributed by atoms with Crippen LogP contribution in [0.25, 0.3) is 0 Å². The largest absolute Gasteiger partial charge is 0.316 e. The lowest BCUT2D eigenvalue weighted by Gasteiger charge is -2.53.